The van der Waals surface area contributed by atoms with Crippen LogP contribution in [0.1, 0.15) is 51.4 Å². The van der Waals surface area contributed by atoms with Crippen LogP contribution in [-0.4, -0.2) is 61.6 Å². The van der Waals surface area contributed by atoms with Crippen LogP contribution in [0.2, 0.25) is 0 Å². The summed E-state index contributed by atoms with van der Waals surface area (Å²) in [7, 11) is 1.92. The van der Waals surface area contributed by atoms with Crippen LogP contribution in [-0.2, 0) is 0 Å². The van der Waals surface area contributed by atoms with E-state index in [9.17, 15) is 0 Å². The maximum atomic E-state index is 4.50. The van der Waals surface area contributed by atoms with Gasteiger partial charge in [0.15, 0.2) is 5.96 Å². The van der Waals surface area contributed by atoms with Crippen LogP contribution in [0.25, 0.3) is 0 Å². The molecule has 4 nitrogen and oxygen atoms in total. The van der Waals surface area contributed by atoms with Crippen LogP contribution in [0.15, 0.2) is 17.1 Å². The van der Waals surface area contributed by atoms with Crippen molar-refractivity contribution in [2.24, 2.45) is 10.9 Å². The number of likely N-dealkylation sites (tertiary alicyclic amines) is 1. The number of hydrogen-bond donors (Lipinski definition) is 1. The summed E-state index contributed by atoms with van der Waals surface area (Å²) in [5.74, 6) is 2.14. The van der Waals surface area contributed by atoms with E-state index in [4.69, 9.17) is 0 Å². The van der Waals surface area contributed by atoms with E-state index in [2.05, 4.69) is 32.3 Å². The van der Waals surface area contributed by atoms with E-state index in [-0.39, 0.29) is 0 Å². The van der Waals surface area contributed by atoms with Crippen molar-refractivity contribution in [1.29, 1.82) is 0 Å². The van der Waals surface area contributed by atoms with Crippen molar-refractivity contribution >= 4 is 5.96 Å². The maximum Gasteiger partial charge on any atom is 0.193 e. The molecule has 2 fully saturated rings. The van der Waals surface area contributed by atoms with Gasteiger partial charge in [0.25, 0.3) is 0 Å². The lowest BCUT2D eigenvalue weighted by Crippen LogP contribution is -2.43. The fourth-order valence-electron chi connectivity index (χ4n) is 4.41. The van der Waals surface area contributed by atoms with E-state index in [0.29, 0.717) is 6.04 Å². The molecule has 0 bridgehead atoms. The lowest BCUT2D eigenvalue weighted by atomic mass is 10.0. The van der Waals surface area contributed by atoms with Gasteiger partial charge < -0.3 is 10.2 Å². The third-order valence-electron chi connectivity index (χ3n) is 5.83. The molecule has 1 saturated carbocycles. The summed E-state index contributed by atoms with van der Waals surface area (Å²) >= 11 is 0. The molecular weight excluding hydrogens is 284 g/mol. The predicted octanol–water partition coefficient (Wildman–Crippen LogP) is 2.87. The van der Waals surface area contributed by atoms with Crippen LogP contribution in [0.3, 0.4) is 0 Å². The summed E-state index contributed by atoms with van der Waals surface area (Å²) in [6, 6.07) is 0.700. The van der Waals surface area contributed by atoms with E-state index in [0.717, 1.165) is 44.6 Å². The number of nitrogens with one attached hydrogen (secondary N) is 1. The number of hydrogen-bond acceptors (Lipinski definition) is 2. The number of aliphatic imine (C=N–C) groups is 1. The van der Waals surface area contributed by atoms with Gasteiger partial charge in [-0.25, -0.2) is 0 Å². The Balaban J connectivity index is 1.32. The molecule has 1 N–H and O–H groups in total. The van der Waals surface area contributed by atoms with Gasteiger partial charge in [-0.3, -0.25) is 9.89 Å². The third kappa shape index (κ3) is 4.72. The molecule has 3 rings (SSSR count). The van der Waals surface area contributed by atoms with E-state index in [1.165, 1.54) is 51.4 Å². The predicted molar refractivity (Wildman–Crippen MR) is 97.9 cm³/mol. The zero-order valence-corrected chi connectivity index (χ0v) is 14.8. The minimum atomic E-state index is 0.700. The topological polar surface area (TPSA) is 30.9 Å². The standard InChI is InChI=1S/C19H34N4/c1-20-19(21-12-5-4-10-17-8-2-3-9-17)23-15-11-18(16-23)22-13-6-7-14-22/h6-7,17-18H,2-5,8-16H2,1H3,(H,20,21). The zero-order chi connectivity index (χ0) is 15.9. The Morgan fingerprint density at radius 2 is 1.91 bits per heavy atom. The van der Waals surface area contributed by atoms with Crippen molar-refractivity contribution in [3.63, 3.8) is 0 Å². The molecule has 3 aliphatic rings. The smallest absolute Gasteiger partial charge is 0.193 e. The molecule has 0 aromatic heterocycles. The van der Waals surface area contributed by atoms with E-state index in [1.807, 2.05) is 7.05 Å². The first-order valence-electron chi connectivity index (χ1n) is 9.71. The average molecular weight is 319 g/mol. The average Bonchev–Trinajstić information content (AvgIpc) is 3.32. The van der Waals surface area contributed by atoms with Crippen molar-refractivity contribution in [2.75, 3.05) is 39.8 Å². The summed E-state index contributed by atoms with van der Waals surface area (Å²) in [6.07, 6.45) is 15.8. The Bertz CT molecular complexity index is 404. The molecule has 1 unspecified atom stereocenters. The summed E-state index contributed by atoms with van der Waals surface area (Å²) in [4.78, 5) is 9.53. The fraction of sp³-hybridized carbons (Fsp3) is 0.842. The minimum absolute atomic E-state index is 0.700. The summed E-state index contributed by atoms with van der Waals surface area (Å²) < 4.78 is 0. The molecular formula is C19H34N4. The first-order valence-corrected chi connectivity index (χ1v) is 9.71. The van der Waals surface area contributed by atoms with Crippen molar-refractivity contribution in [3.05, 3.63) is 12.2 Å². The molecule has 0 amide bonds. The summed E-state index contributed by atoms with van der Waals surface area (Å²) in [5, 5.41) is 3.59. The normalized spacial score (nSPS) is 26.6. The molecule has 23 heavy (non-hydrogen) atoms. The molecule has 0 aromatic rings. The summed E-state index contributed by atoms with van der Waals surface area (Å²) in [6.45, 7) is 5.61. The van der Waals surface area contributed by atoms with Crippen molar-refractivity contribution in [3.8, 4) is 0 Å². The quantitative estimate of drug-likeness (QED) is 0.354. The number of guanidine groups is 1. The molecule has 2 aliphatic heterocycles. The molecule has 1 saturated heterocycles. The van der Waals surface area contributed by atoms with Gasteiger partial charge in [-0.2, -0.15) is 0 Å². The van der Waals surface area contributed by atoms with Gasteiger partial charge in [0, 0.05) is 45.8 Å². The van der Waals surface area contributed by atoms with Gasteiger partial charge in [0.1, 0.15) is 0 Å². The van der Waals surface area contributed by atoms with E-state index < -0.39 is 0 Å². The number of unbranched alkanes of at least 4 members (excludes halogenated alkanes) is 1. The molecule has 1 aliphatic carbocycles. The number of nitrogens with zero attached hydrogens (tertiary/aromatic N) is 3. The summed E-state index contributed by atoms with van der Waals surface area (Å²) in [5.41, 5.74) is 0. The Kier molecular flexibility index (Phi) is 6.37. The maximum absolute atomic E-state index is 4.50. The monoisotopic (exact) mass is 318 g/mol. The molecule has 1 atom stereocenters. The lowest BCUT2D eigenvalue weighted by molar-refractivity contribution is 0.259. The van der Waals surface area contributed by atoms with Gasteiger partial charge in [-0.15, -0.1) is 0 Å². The van der Waals surface area contributed by atoms with Crippen LogP contribution in [0.4, 0.5) is 0 Å². The van der Waals surface area contributed by atoms with Gasteiger partial charge in [0.2, 0.25) is 0 Å². The van der Waals surface area contributed by atoms with Crippen LogP contribution in [0, 0.1) is 5.92 Å². The Hall–Kier alpha value is -1.03. The van der Waals surface area contributed by atoms with Gasteiger partial charge >= 0.3 is 0 Å². The molecule has 0 spiro atoms. The Morgan fingerprint density at radius 1 is 1.13 bits per heavy atom. The van der Waals surface area contributed by atoms with Crippen molar-refractivity contribution in [1.82, 2.24) is 15.1 Å². The largest absolute Gasteiger partial charge is 0.356 e. The SMILES string of the molecule is CN=C(NCCCCC1CCCC1)N1CCC(N2CC=CC2)C1. The second kappa shape index (κ2) is 8.72. The second-order valence-electron chi connectivity index (χ2n) is 7.43. The van der Waals surface area contributed by atoms with Crippen LogP contribution < -0.4 is 5.32 Å². The molecule has 0 aromatic carbocycles. The molecule has 130 valence electrons. The highest BCUT2D eigenvalue weighted by Crippen LogP contribution is 2.28. The van der Waals surface area contributed by atoms with Gasteiger partial charge in [0.05, 0.1) is 0 Å². The number of rotatable bonds is 6. The Morgan fingerprint density at radius 3 is 2.65 bits per heavy atom. The van der Waals surface area contributed by atoms with Crippen molar-refractivity contribution < 1.29 is 0 Å². The lowest BCUT2D eigenvalue weighted by Gasteiger charge is -2.25. The second-order valence-corrected chi connectivity index (χ2v) is 7.43. The highest BCUT2D eigenvalue weighted by Gasteiger charge is 2.29. The first kappa shape index (κ1) is 16.8. The minimum Gasteiger partial charge on any atom is -0.356 e. The molecule has 0 radical (unpaired) electrons. The highest BCUT2D eigenvalue weighted by atomic mass is 15.3. The van der Waals surface area contributed by atoms with Gasteiger partial charge in [-0.1, -0.05) is 50.7 Å². The van der Waals surface area contributed by atoms with E-state index >= 15 is 0 Å². The van der Waals surface area contributed by atoms with Gasteiger partial charge in [-0.05, 0) is 18.8 Å². The van der Waals surface area contributed by atoms with Crippen LogP contribution in [0.5, 0.6) is 0 Å². The first-order chi connectivity index (χ1) is 11.4. The van der Waals surface area contributed by atoms with Crippen molar-refractivity contribution in [2.45, 2.75) is 57.4 Å². The van der Waals surface area contributed by atoms with Crippen LogP contribution >= 0.6 is 0 Å². The van der Waals surface area contributed by atoms with E-state index in [1.54, 1.807) is 0 Å². The highest BCUT2D eigenvalue weighted by molar-refractivity contribution is 5.80. The molecule has 2 heterocycles. The fourth-order valence-corrected chi connectivity index (χ4v) is 4.41. The zero-order valence-electron chi connectivity index (χ0n) is 14.8. The Labute approximate surface area is 142 Å². The molecule has 4 heteroatoms. The third-order valence-corrected chi connectivity index (χ3v) is 5.83.